The van der Waals surface area contributed by atoms with Gasteiger partial charge in [-0.3, -0.25) is 4.79 Å². The normalized spacial score (nSPS) is 14.9. The van der Waals surface area contributed by atoms with Crippen LogP contribution in [-0.2, 0) is 9.53 Å². The summed E-state index contributed by atoms with van der Waals surface area (Å²) in [6.45, 7) is 7.52. The third-order valence-corrected chi connectivity index (χ3v) is 2.85. The van der Waals surface area contributed by atoms with Gasteiger partial charge in [0, 0.05) is 18.8 Å². The van der Waals surface area contributed by atoms with Crippen molar-refractivity contribution in [3.8, 4) is 0 Å². The SMILES string of the molecule is CCOCCC(C)(CC)NC(=O)CBr. The van der Waals surface area contributed by atoms with E-state index in [1.54, 1.807) is 0 Å². The van der Waals surface area contributed by atoms with Crippen LogP contribution in [0.5, 0.6) is 0 Å². The molecule has 0 aliphatic rings. The Balaban J connectivity index is 3.97. The Bertz CT molecular complexity index is 176. The average Bonchev–Trinajstić information content (AvgIpc) is 2.18. The van der Waals surface area contributed by atoms with Crippen molar-refractivity contribution in [2.75, 3.05) is 18.5 Å². The Morgan fingerprint density at radius 3 is 2.57 bits per heavy atom. The summed E-state index contributed by atoms with van der Waals surface area (Å²) in [6.07, 6.45) is 1.77. The second-order valence-electron chi connectivity index (χ2n) is 3.54. The maximum atomic E-state index is 11.2. The number of ether oxygens (including phenoxy) is 1. The minimum Gasteiger partial charge on any atom is -0.382 e. The number of amides is 1. The Hall–Kier alpha value is -0.0900. The molecule has 0 spiro atoms. The lowest BCUT2D eigenvalue weighted by Gasteiger charge is -2.29. The lowest BCUT2D eigenvalue weighted by atomic mass is 9.95. The zero-order chi connectivity index (χ0) is 11.0. The van der Waals surface area contributed by atoms with Crippen LogP contribution < -0.4 is 5.32 Å². The molecule has 0 aliphatic heterocycles. The Morgan fingerprint density at radius 1 is 1.50 bits per heavy atom. The standard InChI is InChI=1S/C10H20BrNO2/c1-4-10(3,6-7-14-5-2)12-9(13)8-11/h4-8H2,1-3H3,(H,12,13). The molecule has 0 heterocycles. The Morgan fingerprint density at radius 2 is 2.14 bits per heavy atom. The van der Waals surface area contributed by atoms with Gasteiger partial charge in [-0.2, -0.15) is 0 Å². The maximum Gasteiger partial charge on any atom is 0.231 e. The van der Waals surface area contributed by atoms with E-state index in [0.29, 0.717) is 11.9 Å². The van der Waals surface area contributed by atoms with Crippen LogP contribution in [0.25, 0.3) is 0 Å². The molecule has 1 unspecified atom stereocenters. The van der Waals surface area contributed by atoms with Crippen LogP contribution in [0.15, 0.2) is 0 Å². The first kappa shape index (κ1) is 13.9. The minimum absolute atomic E-state index is 0.0332. The van der Waals surface area contributed by atoms with Crippen LogP contribution in [-0.4, -0.2) is 30.0 Å². The highest BCUT2D eigenvalue weighted by Gasteiger charge is 2.23. The number of hydrogen-bond donors (Lipinski definition) is 1. The molecule has 84 valence electrons. The van der Waals surface area contributed by atoms with Crippen molar-refractivity contribution in [3.05, 3.63) is 0 Å². The van der Waals surface area contributed by atoms with Crippen LogP contribution in [0.2, 0.25) is 0 Å². The topological polar surface area (TPSA) is 38.3 Å². The number of halogens is 1. The first-order valence-corrected chi connectivity index (χ1v) is 6.15. The Labute approximate surface area is 94.7 Å². The highest BCUT2D eigenvalue weighted by molar-refractivity contribution is 9.09. The molecule has 0 fully saturated rings. The molecule has 0 radical (unpaired) electrons. The molecule has 0 bridgehead atoms. The van der Waals surface area contributed by atoms with E-state index in [2.05, 4.69) is 28.2 Å². The van der Waals surface area contributed by atoms with E-state index in [1.165, 1.54) is 0 Å². The molecule has 0 saturated carbocycles. The summed E-state index contributed by atoms with van der Waals surface area (Å²) in [5.74, 6) is 0.0332. The molecule has 0 saturated heterocycles. The predicted octanol–water partition coefficient (Wildman–Crippen LogP) is 2.09. The number of carbonyl (C=O) groups excluding carboxylic acids is 1. The molecular formula is C10H20BrNO2. The van der Waals surface area contributed by atoms with E-state index >= 15 is 0 Å². The van der Waals surface area contributed by atoms with Gasteiger partial charge in [0.05, 0.1) is 5.33 Å². The van der Waals surface area contributed by atoms with Crippen molar-refractivity contribution in [1.29, 1.82) is 0 Å². The lowest BCUT2D eigenvalue weighted by Crippen LogP contribution is -2.46. The number of rotatable bonds is 7. The van der Waals surface area contributed by atoms with Crippen molar-refractivity contribution < 1.29 is 9.53 Å². The van der Waals surface area contributed by atoms with E-state index < -0.39 is 0 Å². The summed E-state index contributed by atoms with van der Waals surface area (Å²) < 4.78 is 5.28. The fourth-order valence-corrected chi connectivity index (χ4v) is 1.28. The van der Waals surface area contributed by atoms with Gasteiger partial charge in [-0.1, -0.05) is 22.9 Å². The summed E-state index contributed by atoms with van der Waals surface area (Å²) >= 11 is 3.14. The van der Waals surface area contributed by atoms with Gasteiger partial charge in [0.2, 0.25) is 5.91 Å². The van der Waals surface area contributed by atoms with Gasteiger partial charge in [-0.25, -0.2) is 0 Å². The minimum atomic E-state index is -0.139. The van der Waals surface area contributed by atoms with E-state index in [-0.39, 0.29) is 11.4 Å². The van der Waals surface area contributed by atoms with E-state index in [0.717, 1.165) is 19.4 Å². The lowest BCUT2D eigenvalue weighted by molar-refractivity contribution is -0.120. The molecule has 0 rings (SSSR count). The molecule has 1 N–H and O–H groups in total. The van der Waals surface area contributed by atoms with Crippen LogP contribution in [0.1, 0.15) is 33.6 Å². The number of carbonyl (C=O) groups is 1. The third kappa shape index (κ3) is 5.60. The third-order valence-electron chi connectivity index (χ3n) is 2.35. The molecule has 0 aromatic heterocycles. The molecule has 0 aliphatic carbocycles. The fraction of sp³-hybridized carbons (Fsp3) is 0.900. The highest BCUT2D eigenvalue weighted by Crippen LogP contribution is 2.14. The van der Waals surface area contributed by atoms with Gasteiger partial charge < -0.3 is 10.1 Å². The summed E-state index contributed by atoms with van der Waals surface area (Å²) in [5.41, 5.74) is -0.139. The zero-order valence-corrected chi connectivity index (χ0v) is 10.8. The van der Waals surface area contributed by atoms with E-state index in [9.17, 15) is 4.79 Å². The van der Waals surface area contributed by atoms with Crippen LogP contribution >= 0.6 is 15.9 Å². The van der Waals surface area contributed by atoms with Crippen molar-refractivity contribution in [3.63, 3.8) is 0 Å². The maximum absolute atomic E-state index is 11.2. The monoisotopic (exact) mass is 265 g/mol. The summed E-state index contributed by atoms with van der Waals surface area (Å²) in [4.78, 5) is 11.2. The summed E-state index contributed by atoms with van der Waals surface area (Å²) in [6, 6.07) is 0. The van der Waals surface area contributed by atoms with Crippen molar-refractivity contribution in [2.45, 2.75) is 39.2 Å². The predicted molar refractivity (Wildman–Crippen MR) is 61.7 cm³/mol. The Kier molecular flexibility index (Phi) is 7.19. The van der Waals surface area contributed by atoms with E-state index in [1.807, 2.05) is 13.8 Å². The smallest absolute Gasteiger partial charge is 0.231 e. The second kappa shape index (κ2) is 7.23. The molecular weight excluding hydrogens is 246 g/mol. The van der Waals surface area contributed by atoms with Gasteiger partial charge in [-0.05, 0) is 26.7 Å². The number of nitrogens with one attached hydrogen (secondary N) is 1. The summed E-state index contributed by atoms with van der Waals surface area (Å²) in [7, 11) is 0. The quantitative estimate of drug-likeness (QED) is 0.566. The van der Waals surface area contributed by atoms with Crippen LogP contribution in [0.4, 0.5) is 0 Å². The zero-order valence-electron chi connectivity index (χ0n) is 9.23. The number of alkyl halides is 1. The van der Waals surface area contributed by atoms with Crippen LogP contribution in [0.3, 0.4) is 0 Å². The largest absolute Gasteiger partial charge is 0.382 e. The molecule has 3 nitrogen and oxygen atoms in total. The molecule has 1 amide bonds. The van der Waals surface area contributed by atoms with Gasteiger partial charge in [0.25, 0.3) is 0 Å². The molecule has 4 heteroatoms. The van der Waals surface area contributed by atoms with Crippen molar-refractivity contribution in [2.24, 2.45) is 0 Å². The van der Waals surface area contributed by atoms with Gasteiger partial charge >= 0.3 is 0 Å². The molecule has 1 atom stereocenters. The fourth-order valence-electron chi connectivity index (χ4n) is 1.14. The first-order chi connectivity index (χ1) is 6.58. The van der Waals surface area contributed by atoms with Crippen molar-refractivity contribution >= 4 is 21.8 Å². The highest BCUT2D eigenvalue weighted by atomic mass is 79.9. The second-order valence-corrected chi connectivity index (χ2v) is 4.10. The molecule has 0 aromatic rings. The van der Waals surface area contributed by atoms with Gasteiger partial charge in [0.15, 0.2) is 0 Å². The first-order valence-electron chi connectivity index (χ1n) is 5.02. The summed E-state index contributed by atoms with van der Waals surface area (Å²) in [5, 5.41) is 3.34. The average molecular weight is 266 g/mol. The van der Waals surface area contributed by atoms with Gasteiger partial charge in [0.1, 0.15) is 0 Å². The molecule has 14 heavy (non-hydrogen) atoms. The van der Waals surface area contributed by atoms with E-state index in [4.69, 9.17) is 4.74 Å². The number of hydrogen-bond acceptors (Lipinski definition) is 2. The van der Waals surface area contributed by atoms with Crippen LogP contribution in [0, 0.1) is 0 Å². The molecule has 0 aromatic carbocycles. The van der Waals surface area contributed by atoms with Gasteiger partial charge in [-0.15, -0.1) is 0 Å². The van der Waals surface area contributed by atoms with Crippen molar-refractivity contribution in [1.82, 2.24) is 5.32 Å².